The molecule has 0 amide bonds. The Morgan fingerprint density at radius 1 is 1.31 bits per heavy atom. The number of nitrogen functional groups attached to an aromatic ring is 1. The van der Waals surface area contributed by atoms with Crippen LogP contribution in [-0.2, 0) is 6.54 Å². The lowest BCUT2D eigenvalue weighted by Gasteiger charge is -2.09. The van der Waals surface area contributed by atoms with E-state index in [0.717, 1.165) is 11.3 Å². The fraction of sp³-hybridized carbons (Fsp3) is 0.0833. The molecule has 0 aliphatic rings. The zero-order chi connectivity index (χ0) is 11.4. The summed E-state index contributed by atoms with van der Waals surface area (Å²) in [6, 6.07) is 9.32. The molecule has 0 atom stereocenters. The number of pyridine rings is 1. The third kappa shape index (κ3) is 2.64. The summed E-state index contributed by atoms with van der Waals surface area (Å²) in [5.41, 5.74) is 8.46. The lowest BCUT2D eigenvalue weighted by molar-refractivity contribution is 1.11. The van der Waals surface area contributed by atoms with Crippen LogP contribution in [-0.4, -0.2) is 4.98 Å². The molecule has 16 heavy (non-hydrogen) atoms. The fourth-order valence-electron chi connectivity index (χ4n) is 1.39. The Morgan fingerprint density at radius 3 is 2.88 bits per heavy atom. The number of hydrogen-bond acceptors (Lipinski definition) is 3. The Hall–Kier alpha value is -1.74. The van der Waals surface area contributed by atoms with Gasteiger partial charge in [0, 0.05) is 24.0 Å². The molecule has 2 aromatic rings. The number of nitrogens with zero attached hydrogens (tertiary/aromatic N) is 1. The van der Waals surface area contributed by atoms with Crippen molar-refractivity contribution in [2.45, 2.75) is 6.54 Å². The van der Waals surface area contributed by atoms with Crippen molar-refractivity contribution in [1.29, 1.82) is 0 Å². The summed E-state index contributed by atoms with van der Waals surface area (Å²) in [6.45, 7) is 0.694. The van der Waals surface area contributed by atoms with E-state index in [0.29, 0.717) is 17.3 Å². The van der Waals surface area contributed by atoms with Gasteiger partial charge in [0.2, 0.25) is 0 Å². The van der Waals surface area contributed by atoms with E-state index in [1.54, 1.807) is 12.3 Å². The molecule has 0 fully saturated rings. The van der Waals surface area contributed by atoms with Gasteiger partial charge >= 0.3 is 0 Å². The zero-order valence-corrected chi connectivity index (χ0v) is 9.41. The second-order valence-corrected chi connectivity index (χ2v) is 3.88. The lowest BCUT2D eigenvalue weighted by atomic mass is 10.2. The van der Waals surface area contributed by atoms with Crippen molar-refractivity contribution in [2.24, 2.45) is 0 Å². The Morgan fingerprint density at radius 2 is 2.19 bits per heavy atom. The molecule has 0 saturated heterocycles. The van der Waals surface area contributed by atoms with E-state index in [-0.39, 0.29) is 0 Å². The van der Waals surface area contributed by atoms with Gasteiger partial charge in [0.15, 0.2) is 0 Å². The first kappa shape index (κ1) is 10.8. The minimum absolute atomic E-state index is 0.643. The van der Waals surface area contributed by atoms with Gasteiger partial charge in [0.25, 0.3) is 0 Å². The highest BCUT2D eigenvalue weighted by Crippen LogP contribution is 2.22. The molecule has 82 valence electrons. The minimum atomic E-state index is 0.643. The third-order valence-corrected chi connectivity index (χ3v) is 2.45. The molecule has 0 bridgehead atoms. The van der Waals surface area contributed by atoms with Crippen molar-refractivity contribution in [1.82, 2.24) is 4.98 Å². The van der Waals surface area contributed by atoms with Crippen LogP contribution >= 0.6 is 11.6 Å². The number of anilines is 2. The molecule has 0 radical (unpaired) electrons. The van der Waals surface area contributed by atoms with E-state index in [1.165, 1.54) is 0 Å². The second kappa shape index (κ2) is 4.86. The van der Waals surface area contributed by atoms with Gasteiger partial charge in [-0.2, -0.15) is 0 Å². The Balaban J connectivity index is 2.05. The maximum atomic E-state index is 5.82. The highest BCUT2D eigenvalue weighted by molar-refractivity contribution is 6.31. The van der Waals surface area contributed by atoms with Crippen LogP contribution in [0.3, 0.4) is 0 Å². The fourth-order valence-corrected chi connectivity index (χ4v) is 1.58. The van der Waals surface area contributed by atoms with E-state index in [9.17, 15) is 0 Å². The van der Waals surface area contributed by atoms with Gasteiger partial charge in [-0.15, -0.1) is 0 Å². The quantitative estimate of drug-likeness (QED) is 0.802. The monoisotopic (exact) mass is 233 g/mol. The van der Waals surface area contributed by atoms with Gasteiger partial charge in [-0.3, -0.25) is 4.98 Å². The molecule has 4 heteroatoms. The van der Waals surface area contributed by atoms with Gasteiger partial charge in [-0.25, -0.2) is 0 Å². The number of halogens is 1. The molecular weight excluding hydrogens is 222 g/mol. The minimum Gasteiger partial charge on any atom is -0.397 e. The largest absolute Gasteiger partial charge is 0.397 e. The van der Waals surface area contributed by atoms with Gasteiger partial charge < -0.3 is 11.1 Å². The van der Waals surface area contributed by atoms with Gasteiger partial charge in [-0.05, 0) is 29.8 Å². The number of aromatic nitrogens is 1. The number of rotatable bonds is 3. The molecular formula is C12H12ClN3. The zero-order valence-electron chi connectivity index (χ0n) is 8.65. The van der Waals surface area contributed by atoms with Crippen LogP contribution in [0.5, 0.6) is 0 Å². The van der Waals surface area contributed by atoms with Crippen LogP contribution in [0, 0.1) is 0 Å². The van der Waals surface area contributed by atoms with Crippen molar-refractivity contribution >= 4 is 23.0 Å². The van der Waals surface area contributed by atoms with Crippen molar-refractivity contribution < 1.29 is 0 Å². The van der Waals surface area contributed by atoms with E-state index >= 15 is 0 Å². The summed E-state index contributed by atoms with van der Waals surface area (Å²) < 4.78 is 0. The van der Waals surface area contributed by atoms with Crippen molar-refractivity contribution in [3.63, 3.8) is 0 Å². The molecule has 0 spiro atoms. The predicted molar refractivity (Wildman–Crippen MR) is 67.4 cm³/mol. The van der Waals surface area contributed by atoms with Crippen molar-refractivity contribution in [3.05, 3.63) is 53.3 Å². The molecule has 0 aliphatic heterocycles. The molecule has 1 aromatic carbocycles. The van der Waals surface area contributed by atoms with E-state index in [2.05, 4.69) is 10.3 Å². The number of nitrogens with two attached hydrogens (primary N) is 1. The van der Waals surface area contributed by atoms with Crippen LogP contribution in [0.2, 0.25) is 5.02 Å². The van der Waals surface area contributed by atoms with Crippen LogP contribution in [0.15, 0.2) is 42.7 Å². The summed E-state index contributed by atoms with van der Waals surface area (Å²) in [6.07, 6.45) is 3.57. The Bertz CT molecular complexity index is 471. The van der Waals surface area contributed by atoms with Gasteiger partial charge in [0.05, 0.1) is 11.4 Å². The van der Waals surface area contributed by atoms with Crippen LogP contribution in [0.25, 0.3) is 0 Å². The number of hydrogen-bond donors (Lipinski definition) is 2. The predicted octanol–water partition coefficient (Wildman–Crippen LogP) is 2.93. The van der Waals surface area contributed by atoms with E-state index < -0.39 is 0 Å². The third-order valence-electron chi connectivity index (χ3n) is 2.22. The highest BCUT2D eigenvalue weighted by atomic mass is 35.5. The SMILES string of the molecule is Nc1cc(Cl)ccc1NCc1cccnc1. The van der Waals surface area contributed by atoms with Crippen LogP contribution < -0.4 is 11.1 Å². The first-order valence-electron chi connectivity index (χ1n) is 4.93. The maximum absolute atomic E-state index is 5.82. The summed E-state index contributed by atoms with van der Waals surface area (Å²) >= 11 is 5.82. The first-order valence-corrected chi connectivity index (χ1v) is 5.31. The average molecular weight is 234 g/mol. The standard InChI is InChI=1S/C12H12ClN3/c13-10-3-4-12(11(14)6-10)16-8-9-2-1-5-15-7-9/h1-7,16H,8,14H2. The van der Waals surface area contributed by atoms with E-state index in [1.807, 2.05) is 30.5 Å². The molecule has 3 N–H and O–H groups in total. The topological polar surface area (TPSA) is 50.9 Å². The van der Waals surface area contributed by atoms with Crippen LogP contribution in [0.4, 0.5) is 11.4 Å². The Labute approximate surface area is 99.3 Å². The summed E-state index contributed by atoms with van der Waals surface area (Å²) in [4.78, 5) is 4.04. The first-order chi connectivity index (χ1) is 7.75. The second-order valence-electron chi connectivity index (χ2n) is 3.45. The molecule has 0 saturated carbocycles. The molecule has 0 aliphatic carbocycles. The molecule has 0 unspecified atom stereocenters. The van der Waals surface area contributed by atoms with Crippen molar-refractivity contribution in [2.75, 3.05) is 11.1 Å². The molecule has 3 nitrogen and oxygen atoms in total. The molecule has 2 rings (SSSR count). The maximum Gasteiger partial charge on any atom is 0.0577 e. The van der Waals surface area contributed by atoms with E-state index in [4.69, 9.17) is 17.3 Å². The number of benzene rings is 1. The van der Waals surface area contributed by atoms with Crippen molar-refractivity contribution in [3.8, 4) is 0 Å². The Kier molecular flexibility index (Phi) is 3.27. The smallest absolute Gasteiger partial charge is 0.0577 e. The molecule has 1 aromatic heterocycles. The lowest BCUT2D eigenvalue weighted by Crippen LogP contribution is -2.02. The summed E-state index contributed by atoms with van der Waals surface area (Å²) in [5, 5.41) is 3.88. The molecule has 1 heterocycles. The van der Waals surface area contributed by atoms with Crippen LogP contribution in [0.1, 0.15) is 5.56 Å². The normalized spacial score (nSPS) is 10.1. The highest BCUT2D eigenvalue weighted by Gasteiger charge is 1.99. The summed E-state index contributed by atoms with van der Waals surface area (Å²) in [7, 11) is 0. The van der Waals surface area contributed by atoms with Gasteiger partial charge in [-0.1, -0.05) is 17.7 Å². The number of nitrogens with one attached hydrogen (secondary N) is 1. The summed E-state index contributed by atoms with van der Waals surface area (Å²) in [5.74, 6) is 0. The van der Waals surface area contributed by atoms with Gasteiger partial charge in [0.1, 0.15) is 0 Å². The average Bonchev–Trinajstić information content (AvgIpc) is 2.29.